The monoisotopic (exact) mass is 379 g/mol. The lowest BCUT2D eigenvalue weighted by Gasteiger charge is -2.33. The molecule has 0 N–H and O–H groups in total. The van der Waals surface area contributed by atoms with Gasteiger partial charge in [0.2, 0.25) is 0 Å². The van der Waals surface area contributed by atoms with Crippen LogP contribution in [-0.2, 0) is 4.74 Å². The van der Waals surface area contributed by atoms with E-state index in [2.05, 4.69) is 22.1 Å². The topological polar surface area (TPSA) is 47.4 Å². The van der Waals surface area contributed by atoms with E-state index in [9.17, 15) is 4.79 Å². The highest BCUT2D eigenvalue weighted by molar-refractivity contribution is 6.67. The lowest BCUT2D eigenvalue weighted by atomic mass is 10.0. The molecule has 6 heteroatoms. The second-order valence-corrected chi connectivity index (χ2v) is 7.11. The molecule has 2 heterocycles. The van der Waals surface area contributed by atoms with Crippen molar-refractivity contribution in [3.63, 3.8) is 0 Å². The number of hydrogen-bond acceptors (Lipinski definition) is 4. The van der Waals surface area contributed by atoms with Crippen molar-refractivity contribution in [2.75, 3.05) is 26.3 Å². The van der Waals surface area contributed by atoms with E-state index in [0.29, 0.717) is 18.9 Å². The zero-order valence-corrected chi connectivity index (χ0v) is 15.4. The van der Waals surface area contributed by atoms with E-state index in [-0.39, 0.29) is 6.04 Å². The third kappa shape index (κ3) is 2.62. The van der Waals surface area contributed by atoms with E-state index in [0.717, 1.165) is 35.6 Å². The number of ether oxygens (including phenoxy) is 1. The molecular weight excluding hydrogens is 362 g/mol. The maximum absolute atomic E-state index is 12.3. The van der Waals surface area contributed by atoms with Crippen LogP contribution >= 0.6 is 11.6 Å². The minimum atomic E-state index is -0.521. The maximum atomic E-state index is 12.3. The van der Waals surface area contributed by atoms with Gasteiger partial charge in [-0.3, -0.25) is 9.69 Å². The van der Waals surface area contributed by atoms with Gasteiger partial charge in [-0.05, 0) is 29.3 Å². The van der Waals surface area contributed by atoms with Gasteiger partial charge in [0.1, 0.15) is 0 Å². The number of carbonyl (C=O) groups excluding carboxylic acids is 1. The average molecular weight is 380 g/mol. The summed E-state index contributed by atoms with van der Waals surface area (Å²) in [5.41, 5.74) is 5.40. The first kappa shape index (κ1) is 16.7. The van der Waals surface area contributed by atoms with Gasteiger partial charge >= 0.3 is 0 Å². The highest BCUT2D eigenvalue weighted by Gasteiger charge is 2.40. The number of rotatable bonds is 3. The van der Waals surface area contributed by atoms with Gasteiger partial charge in [-0.1, -0.05) is 42.5 Å². The Morgan fingerprint density at radius 3 is 2.48 bits per heavy atom. The number of carbonyl (C=O) groups is 1. The fraction of sp³-hybridized carbons (Fsp3) is 0.238. The van der Waals surface area contributed by atoms with Crippen LogP contribution in [-0.4, -0.2) is 46.2 Å². The fourth-order valence-electron chi connectivity index (χ4n) is 4.17. The van der Waals surface area contributed by atoms with Crippen molar-refractivity contribution in [1.29, 1.82) is 0 Å². The summed E-state index contributed by atoms with van der Waals surface area (Å²) in [6.45, 7) is 2.99. The number of morpholine rings is 1. The third-order valence-electron chi connectivity index (χ3n) is 5.30. The smallest absolute Gasteiger partial charge is 0.273 e. The number of halogens is 1. The van der Waals surface area contributed by atoms with Crippen LogP contribution in [0.2, 0.25) is 0 Å². The quantitative estimate of drug-likeness (QED) is 0.652. The summed E-state index contributed by atoms with van der Waals surface area (Å²) in [5, 5.41) is 4.10. The number of aromatic nitrogens is 2. The number of fused-ring (bicyclic) bond motifs is 3. The van der Waals surface area contributed by atoms with Crippen LogP contribution in [0.1, 0.15) is 27.7 Å². The lowest BCUT2D eigenvalue weighted by molar-refractivity contribution is 0.0246. The van der Waals surface area contributed by atoms with Crippen LogP contribution in [0.15, 0.2) is 54.6 Å². The van der Waals surface area contributed by atoms with E-state index >= 15 is 0 Å². The van der Waals surface area contributed by atoms with Gasteiger partial charge in [-0.2, -0.15) is 5.10 Å². The van der Waals surface area contributed by atoms with E-state index in [4.69, 9.17) is 16.3 Å². The van der Waals surface area contributed by atoms with E-state index in [1.165, 1.54) is 5.56 Å². The van der Waals surface area contributed by atoms with Crippen molar-refractivity contribution in [2.45, 2.75) is 6.04 Å². The lowest BCUT2D eigenvalue weighted by Crippen LogP contribution is -2.39. The van der Waals surface area contributed by atoms with Gasteiger partial charge in [-0.25, -0.2) is 4.68 Å². The highest BCUT2D eigenvalue weighted by atomic mass is 35.5. The van der Waals surface area contributed by atoms with Gasteiger partial charge in [0.15, 0.2) is 5.69 Å². The van der Waals surface area contributed by atoms with Gasteiger partial charge in [0.25, 0.3) is 5.24 Å². The summed E-state index contributed by atoms with van der Waals surface area (Å²) in [6, 6.07) is 18.1. The maximum Gasteiger partial charge on any atom is 0.273 e. The van der Waals surface area contributed by atoms with Gasteiger partial charge in [-0.15, -0.1) is 0 Å². The van der Waals surface area contributed by atoms with Crippen LogP contribution in [0.5, 0.6) is 0 Å². The molecule has 136 valence electrons. The van der Waals surface area contributed by atoms with Crippen molar-refractivity contribution < 1.29 is 9.53 Å². The molecule has 5 nitrogen and oxygen atoms in total. The van der Waals surface area contributed by atoms with Crippen molar-refractivity contribution in [3.8, 4) is 16.9 Å². The molecule has 1 unspecified atom stereocenters. The molecule has 3 aromatic rings. The van der Waals surface area contributed by atoms with Gasteiger partial charge in [0.05, 0.1) is 30.6 Å². The molecule has 1 aliphatic heterocycles. The molecule has 1 aliphatic carbocycles. The molecule has 1 fully saturated rings. The van der Waals surface area contributed by atoms with Crippen LogP contribution in [0.3, 0.4) is 0 Å². The minimum Gasteiger partial charge on any atom is -0.379 e. The molecular formula is C21H18ClN3O2. The Labute approximate surface area is 162 Å². The molecule has 1 aromatic heterocycles. The zero-order valence-electron chi connectivity index (χ0n) is 14.6. The summed E-state index contributed by atoms with van der Waals surface area (Å²) in [4.78, 5) is 14.6. The molecule has 0 spiro atoms. The molecule has 1 saturated heterocycles. The Hall–Kier alpha value is -2.47. The normalized spacial score (nSPS) is 18.9. The molecule has 5 rings (SSSR count). The second-order valence-electron chi connectivity index (χ2n) is 6.77. The Kier molecular flexibility index (Phi) is 4.08. The van der Waals surface area contributed by atoms with E-state index < -0.39 is 5.24 Å². The largest absolute Gasteiger partial charge is 0.379 e. The number of para-hydroxylation sites is 1. The SMILES string of the molecule is O=C(Cl)c1nn(-c2ccccc2)c2c1C(N1CCOCC1)c1ccccc1-2. The number of hydrogen-bond donors (Lipinski definition) is 0. The molecule has 0 saturated carbocycles. The summed E-state index contributed by atoms with van der Waals surface area (Å²) < 4.78 is 7.38. The van der Waals surface area contributed by atoms with Crippen LogP contribution in [0.4, 0.5) is 0 Å². The first-order valence-corrected chi connectivity index (χ1v) is 9.43. The van der Waals surface area contributed by atoms with E-state index in [1.807, 2.05) is 47.1 Å². The van der Waals surface area contributed by atoms with Crippen LogP contribution < -0.4 is 0 Å². The summed E-state index contributed by atoms with van der Waals surface area (Å²) in [7, 11) is 0. The Balaban J connectivity index is 1.78. The second kappa shape index (κ2) is 6.60. The van der Waals surface area contributed by atoms with Crippen molar-refractivity contribution in [2.24, 2.45) is 0 Å². The number of benzene rings is 2. The predicted molar refractivity (Wildman–Crippen MR) is 103 cm³/mol. The molecule has 0 bridgehead atoms. The molecule has 0 amide bonds. The molecule has 2 aromatic carbocycles. The Morgan fingerprint density at radius 1 is 1.04 bits per heavy atom. The van der Waals surface area contributed by atoms with Gasteiger partial charge in [0, 0.05) is 24.2 Å². The summed E-state index contributed by atoms with van der Waals surface area (Å²) in [5.74, 6) is 0. The first-order valence-electron chi connectivity index (χ1n) is 9.05. The minimum absolute atomic E-state index is 0.0322. The third-order valence-corrected chi connectivity index (χ3v) is 5.48. The molecule has 2 aliphatic rings. The predicted octanol–water partition coefficient (Wildman–Crippen LogP) is 3.65. The average Bonchev–Trinajstić information content (AvgIpc) is 3.25. The van der Waals surface area contributed by atoms with Crippen molar-refractivity contribution in [1.82, 2.24) is 14.7 Å². The molecule has 27 heavy (non-hydrogen) atoms. The first-order chi connectivity index (χ1) is 13.3. The van der Waals surface area contributed by atoms with Crippen molar-refractivity contribution >= 4 is 16.8 Å². The Morgan fingerprint density at radius 2 is 1.74 bits per heavy atom. The van der Waals surface area contributed by atoms with Crippen molar-refractivity contribution in [3.05, 3.63) is 71.4 Å². The van der Waals surface area contributed by atoms with Crippen LogP contribution in [0.25, 0.3) is 16.9 Å². The summed E-state index contributed by atoms with van der Waals surface area (Å²) in [6.07, 6.45) is 0. The van der Waals surface area contributed by atoms with Gasteiger partial charge < -0.3 is 4.74 Å². The fourth-order valence-corrected chi connectivity index (χ4v) is 4.31. The standard InChI is InChI=1S/C21H18ClN3O2/c22-21(26)18-17-19(24-10-12-27-13-11-24)15-8-4-5-9-16(15)20(17)25(23-18)14-6-2-1-3-7-14/h1-9,19H,10-13H2. The zero-order chi connectivity index (χ0) is 18.4. The van der Waals surface area contributed by atoms with Crippen LogP contribution in [0, 0.1) is 0 Å². The molecule has 0 radical (unpaired) electrons. The Bertz CT molecular complexity index is 1010. The number of nitrogens with zero attached hydrogens (tertiary/aromatic N) is 3. The van der Waals surface area contributed by atoms with E-state index in [1.54, 1.807) is 0 Å². The summed E-state index contributed by atoms with van der Waals surface area (Å²) >= 11 is 5.98. The molecule has 1 atom stereocenters. The highest BCUT2D eigenvalue weighted by Crippen LogP contribution is 2.49.